The predicted molar refractivity (Wildman–Crippen MR) is 131 cm³/mol. The number of halogens is 1. The lowest BCUT2D eigenvalue weighted by molar-refractivity contribution is 0.451. The second-order valence-electron chi connectivity index (χ2n) is 8.02. The minimum Gasteiger partial charge on any atom is -0.508 e. The number of phenols is 2. The number of piperazine rings is 1. The van der Waals surface area contributed by atoms with Gasteiger partial charge in [0.1, 0.15) is 17.3 Å². The molecule has 1 aliphatic heterocycles. The highest BCUT2D eigenvalue weighted by atomic mass is 35.5. The standard InChI is InChI=1S/C24H23ClN6O2/c1-15-10-23(29-24(27-15)28-17-12-18(32)14-19(33)13-17)31-8-6-30(7-9-31)22-4-5-26-21-11-16(25)2-3-20(21)22/h2-5,10-14,32-33H,6-9H2,1H3,(H,27,28,29). The Morgan fingerprint density at radius 2 is 1.61 bits per heavy atom. The molecule has 0 unspecified atom stereocenters. The maximum Gasteiger partial charge on any atom is 0.229 e. The third-order valence-electron chi connectivity index (χ3n) is 5.63. The average Bonchev–Trinajstić information content (AvgIpc) is 2.77. The molecule has 2 aromatic carbocycles. The molecular formula is C24H23ClN6O2. The molecule has 1 aliphatic rings. The number of aryl methyl sites for hydroxylation is 1. The van der Waals surface area contributed by atoms with E-state index in [4.69, 9.17) is 11.6 Å². The van der Waals surface area contributed by atoms with E-state index in [1.807, 2.05) is 43.5 Å². The highest BCUT2D eigenvalue weighted by Gasteiger charge is 2.21. The molecule has 0 amide bonds. The highest BCUT2D eigenvalue weighted by Crippen LogP contribution is 2.30. The van der Waals surface area contributed by atoms with Gasteiger partial charge in [-0.15, -0.1) is 0 Å². The van der Waals surface area contributed by atoms with Crippen molar-refractivity contribution in [3.8, 4) is 11.5 Å². The van der Waals surface area contributed by atoms with E-state index in [1.54, 1.807) is 0 Å². The van der Waals surface area contributed by atoms with Gasteiger partial charge in [-0.3, -0.25) is 4.98 Å². The number of hydrogen-bond acceptors (Lipinski definition) is 8. The Morgan fingerprint density at radius 3 is 2.36 bits per heavy atom. The number of rotatable bonds is 4. The van der Waals surface area contributed by atoms with Crippen LogP contribution in [0.5, 0.6) is 11.5 Å². The van der Waals surface area contributed by atoms with E-state index < -0.39 is 0 Å². The molecule has 0 radical (unpaired) electrons. The third-order valence-corrected chi connectivity index (χ3v) is 5.86. The van der Waals surface area contributed by atoms with Crippen LogP contribution in [0.2, 0.25) is 5.02 Å². The molecule has 3 heterocycles. The summed E-state index contributed by atoms with van der Waals surface area (Å²) in [4.78, 5) is 18.2. The molecule has 168 valence electrons. The normalized spacial score (nSPS) is 14.0. The van der Waals surface area contributed by atoms with Crippen molar-refractivity contribution in [2.24, 2.45) is 0 Å². The minimum atomic E-state index is -0.0348. The van der Waals surface area contributed by atoms with Crippen LogP contribution < -0.4 is 15.1 Å². The first-order chi connectivity index (χ1) is 15.9. The van der Waals surface area contributed by atoms with E-state index in [-0.39, 0.29) is 11.5 Å². The molecule has 0 atom stereocenters. The summed E-state index contributed by atoms with van der Waals surface area (Å²) in [6.07, 6.45) is 1.82. The molecule has 1 saturated heterocycles. The van der Waals surface area contributed by atoms with E-state index in [2.05, 4.69) is 30.1 Å². The van der Waals surface area contributed by atoms with Crippen LogP contribution in [-0.2, 0) is 0 Å². The van der Waals surface area contributed by atoms with Gasteiger partial charge < -0.3 is 25.3 Å². The van der Waals surface area contributed by atoms with Crippen molar-refractivity contribution < 1.29 is 10.2 Å². The van der Waals surface area contributed by atoms with E-state index in [1.165, 1.54) is 18.2 Å². The van der Waals surface area contributed by atoms with Crippen LogP contribution in [-0.4, -0.2) is 51.3 Å². The summed E-state index contributed by atoms with van der Waals surface area (Å²) in [5.74, 6) is 1.18. The Kier molecular flexibility index (Phi) is 5.51. The number of nitrogens with zero attached hydrogens (tertiary/aromatic N) is 5. The zero-order valence-corrected chi connectivity index (χ0v) is 18.8. The zero-order chi connectivity index (χ0) is 22.9. The lowest BCUT2D eigenvalue weighted by Crippen LogP contribution is -2.47. The average molecular weight is 463 g/mol. The minimum absolute atomic E-state index is 0.0348. The molecule has 0 aliphatic carbocycles. The molecule has 4 aromatic rings. The van der Waals surface area contributed by atoms with Crippen molar-refractivity contribution in [1.29, 1.82) is 0 Å². The molecule has 0 saturated carbocycles. The molecule has 8 nitrogen and oxygen atoms in total. The molecule has 1 fully saturated rings. The summed E-state index contributed by atoms with van der Waals surface area (Å²) >= 11 is 6.13. The Balaban J connectivity index is 1.33. The van der Waals surface area contributed by atoms with Crippen molar-refractivity contribution in [2.75, 3.05) is 41.3 Å². The zero-order valence-electron chi connectivity index (χ0n) is 18.0. The van der Waals surface area contributed by atoms with E-state index in [0.717, 1.165) is 54.3 Å². The number of anilines is 4. The molecule has 3 N–H and O–H groups in total. The number of fused-ring (bicyclic) bond motifs is 1. The summed E-state index contributed by atoms with van der Waals surface area (Å²) in [5, 5.41) is 24.3. The van der Waals surface area contributed by atoms with Crippen LogP contribution in [0.25, 0.3) is 10.9 Å². The summed E-state index contributed by atoms with van der Waals surface area (Å²) in [7, 11) is 0. The van der Waals surface area contributed by atoms with Crippen LogP contribution >= 0.6 is 11.6 Å². The second kappa shape index (κ2) is 8.63. The Morgan fingerprint density at radius 1 is 0.879 bits per heavy atom. The Hall–Kier alpha value is -3.78. The topological polar surface area (TPSA) is 97.6 Å². The monoisotopic (exact) mass is 462 g/mol. The van der Waals surface area contributed by atoms with Gasteiger partial charge in [0, 0.05) is 84.1 Å². The highest BCUT2D eigenvalue weighted by molar-refractivity contribution is 6.31. The van der Waals surface area contributed by atoms with Gasteiger partial charge in [0.15, 0.2) is 0 Å². The third kappa shape index (κ3) is 4.56. The second-order valence-corrected chi connectivity index (χ2v) is 8.46. The smallest absolute Gasteiger partial charge is 0.229 e. The first kappa shape index (κ1) is 21.1. The maximum absolute atomic E-state index is 9.72. The van der Waals surface area contributed by atoms with Gasteiger partial charge in [0.25, 0.3) is 0 Å². The molecule has 0 spiro atoms. The fourth-order valence-corrected chi connectivity index (χ4v) is 4.29. The molecular weight excluding hydrogens is 440 g/mol. The van der Waals surface area contributed by atoms with Gasteiger partial charge in [-0.2, -0.15) is 4.98 Å². The summed E-state index contributed by atoms with van der Waals surface area (Å²) in [6, 6.07) is 14.1. The first-order valence-corrected chi connectivity index (χ1v) is 11.0. The Bertz CT molecular complexity index is 1300. The van der Waals surface area contributed by atoms with Crippen molar-refractivity contribution in [2.45, 2.75) is 6.92 Å². The number of pyridine rings is 1. The molecule has 5 rings (SSSR count). The summed E-state index contributed by atoms with van der Waals surface area (Å²) in [5.41, 5.74) is 3.38. The van der Waals surface area contributed by atoms with Gasteiger partial charge in [-0.25, -0.2) is 4.98 Å². The lowest BCUT2D eigenvalue weighted by atomic mass is 10.1. The fraction of sp³-hybridized carbons (Fsp3) is 0.208. The maximum atomic E-state index is 9.72. The number of aromatic hydroxyl groups is 2. The van der Waals surface area contributed by atoms with Gasteiger partial charge >= 0.3 is 0 Å². The van der Waals surface area contributed by atoms with E-state index in [9.17, 15) is 10.2 Å². The molecule has 0 bridgehead atoms. The van der Waals surface area contributed by atoms with Crippen LogP contribution in [0.1, 0.15) is 5.69 Å². The largest absolute Gasteiger partial charge is 0.508 e. The van der Waals surface area contributed by atoms with Crippen molar-refractivity contribution >= 4 is 45.6 Å². The Labute approximate surface area is 196 Å². The summed E-state index contributed by atoms with van der Waals surface area (Å²) < 4.78 is 0. The van der Waals surface area contributed by atoms with E-state index >= 15 is 0 Å². The molecule has 9 heteroatoms. The number of phenolic OH excluding ortho intramolecular Hbond substituents is 2. The van der Waals surface area contributed by atoms with Crippen molar-refractivity contribution in [3.05, 3.63) is 65.4 Å². The van der Waals surface area contributed by atoms with Gasteiger partial charge in [-0.1, -0.05) is 11.6 Å². The molecule has 33 heavy (non-hydrogen) atoms. The van der Waals surface area contributed by atoms with Gasteiger partial charge in [-0.05, 0) is 31.2 Å². The quantitative estimate of drug-likeness (QED) is 0.408. The van der Waals surface area contributed by atoms with Crippen molar-refractivity contribution in [3.63, 3.8) is 0 Å². The first-order valence-electron chi connectivity index (χ1n) is 10.6. The van der Waals surface area contributed by atoms with Crippen LogP contribution in [0.15, 0.2) is 54.7 Å². The number of aromatic nitrogens is 3. The summed E-state index contributed by atoms with van der Waals surface area (Å²) in [6.45, 7) is 5.21. The van der Waals surface area contributed by atoms with Crippen LogP contribution in [0, 0.1) is 6.92 Å². The number of benzene rings is 2. The van der Waals surface area contributed by atoms with Gasteiger partial charge in [0.05, 0.1) is 5.52 Å². The number of hydrogen-bond donors (Lipinski definition) is 3. The number of nitrogens with one attached hydrogen (secondary N) is 1. The van der Waals surface area contributed by atoms with E-state index in [0.29, 0.717) is 16.7 Å². The fourth-order valence-electron chi connectivity index (χ4n) is 4.12. The van der Waals surface area contributed by atoms with Crippen LogP contribution in [0.3, 0.4) is 0 Å². The van der Waals surface area contributed by atoms with Crippen molar-refractivity contribution in [1.82, 2.24) is 15.0 Å². The van der Waals surface area contributed by atoms with Crippen LogP contribution in [0.4, 0.5) is 23.1 Å². The predicted octanol–water partition coefficient (Wildman–Crippen LogP) is 4.47. The SMILES string of the molecule is Cc1cc(N2CCN(c3ccnc4cc(Cl)ccc34)CC2)nc(Nc2cc(O)cc(O)c2)n1. The lowest BCUT2D eigenvalue weighted by Gasteiger charge is -2.37. The molecule has 2 aromatic heterocycles. The van der Waals surface area contributed by atoms with Gasteiger partial charge in [0.2, 0.25) is 5.95 Å².